The number of methoxy groups -OCH3 is 1. The number of likely N-dealkylation sites (N-methyl/N-ethyl adjacent to an activating group) is 1. The Labute approximate surface area is 84.8 Å². The highest BCUT2D eigenvalue weighted by Gasteiger charge is 2.39. The normalized spacial score (nSPS) is 20.9. The summed E-state index contributed by atoms with van der Waals surface area (Å²) >= 11 is 0. The molecule has 0 bridgehead atoms. The van der Waals surface area contributed by atoms with E-state index in [1.165, 1.54) is 20.0 Å². The zero-order chi connectivity index (χ0) is 10.8. The van der Waals surface area contributed by atoms with Crippen molar-refractivity contribution in [3.63, 3.8) is 0 Å². The van der Waals surface area contributed by atoms with Crippen molar-refractivity contribution in [3.05, 3.63) is 0 Å². The quantitative estimate of drug-likeness (QED) is 0.691. The molecular weight excluding hydrogens is 182 g/mol. The summed E-state index contributed by atoms with van der Waals surface area (Å²) in [6.45, 7) is 2.79. The van der Waals surface area contributed by atoms with Crippen LogP contribution in [0.1, 0.15) is 19.8 Å². The number of nitrogens with zero attached hydrogens (tertiary/aromatic N) is 1. The van der Waals surface area contributed by atoms with Crippen LogP contribution in [0.3, 0.4) is 0 Å². The Kier molecular flexibility index (Phi) is 3.50. The van der Waals surface area contributed by atoms with Crippen LogP contribution in [-0.2, 0) is 9.53 Å². The zero-order valence-electron chi connectivity index (χ0n) is 9.12. The van der Waals surface area contributed by atoms with Crippen LogP contribution in [0.2, 0.25) is 0 Å². The molecule has 0 amide bonds. The Balaban J connectivity index is 2.58. The lowest BCUT2D eigenvalue weighted by atomic mass is 10.0. The Morgan fingerprint density at radius 1 is 1.64 bits per heavy atom. The van der Waals surface area contributed by atoms with Gasteiger partial charge in [-0.25, -0.2) is 0 Å². The first-order valence-corrected chi connectivity index (χ1v) is 4.94. The molecule has 0 radical (unpaired) electrons. The van der Waals surface area contributed by atoms with Gasteiger partial charge in [0.05, 0.1) is 6.61 Å². The van der Waals surface area contributed by atoms with Crippen LogP contribution in [-0.4, -0.2) is 48.8 Å². The van der Waals surface area contributed by atoms with E-state index < -0.39 is 11.5 Å². The number of ether oxygens (including phenoxy) is 1. The Morgan fingerprint density at radius 2 is 2.21 bits per heavy atom. The molecule has 0 aromatic carbocycles. The minimum atomic E-state index is -0.892. The van der Waals surface area contributed by atoms with Crippen molar-refractivity contribution in [1.29, 1.82) is 0 Å². The van der Waals surface area contributed by atoms with Gasteiger partial charge in [0.15, 0.2) is 0 Å². The second-order valence-electron chi connectivity index (χ2n) is 4.34. The van der Waals surface area contributed by atoms with E-state index >= 15 is 0 Å². The molecule has 1 aliphatic carbocycles. The van der Waals surface area contributed by atoms with Crippen LogP contribution in [0.25, 0.3) is 0 Å². The molecule has 0 spiro atoms. The molecule has 1 atom stereocenters. The highest BCUT2D eigenvalue weighted by molar-refractivity contribution is 5.78. The largest absolute Gasteiger partial charge is 0.480 e. The molecule has 4 heteroatoms. The van der Waals surface area contributed by atoms with Crippen molar-refractivity contribution in [2.24, 2.45) is 5.92 Å². The average Bonchev–Trinajstić information content (AvgIpc) is 2.88. The maximum Gasteiger partial charge on any atom is 0.326 e. The summed E-state index contributed by atoms with van der Waals surface area (Å²) in [5.41, 5.74) is -0.892. The molecule has 0 aromatic rings. The van der Waals surface area contributed by atoms with Crippen molar-refractivity contribution in [1.82, 2.24) is 4.90 Å². The van der Waals surface area contributed by atoms with E-state index in [2.05, 4.69) is 0 Å². The third kappa shape index (κ3) is 2.45. The molecule has 1 N–H and O–H groups in total. The van der Waals surface area contributed by atoms with Crippen LogP contribution in [0, 0.1) is 5.92 Å². The molecule has 0 aromatic heterocycles. The highest BCUT2D eigenvalue weighted by atomic mass is 16.5. The molecule has 4 nitrogen and oxygen atoms in total. The predicted octanol–water partition coefficient (Wildman–Crippen LogP) is 0.818. The zero-order valence-corrected chi connectivity index (χ0v) is 9.12. The molecule has 82 valence electrons. The first-order valence-electron chi connectivity index (χ1n) is 4.94. The molecule has 1 unspecified atom stereocenters. The van der Waals surface area contributed by atoms with Gasteiger partial charge < -0.3 is 9.84 Å². The van der Waals surface area contributed by atoms with E-state index in [-0.39, 0.29) is 6.61 Å². The summed E-state index contributed by atoms with van der Waals surface area (Å²) < 4.78 is 4.97. The highest BCUT2D eigenvalue weighted by Crippen LogP contribution is 2.31. The molecular formula is C10H19NO3. The molecule has 0 saturated heterocycles. The monoisotopic (exact) mass is 201 g/mol. The smallest absolute Gasteiger partial charge is 0.326 e. The van der Waals surface area contributed by atoms with Gasteiger partial charge in [0.2, 0.25) is 0 Å². The molecule has 1 aliphatic rings. The maximum atomic E-state index is 11.1. The number of carboxylic acids is 1. The fraction of sp³-hybridized carbons (Fsp3) is 0.900. The van der Waals surface area contributed by atoms with Crippen molar-refractivity contribution in [3.8, 4) is 0 Å². The Morgan fingerprint density at radius 3 is 2.57 bits per heavy atom. The first-order chi connectivity index (χ1) is 6.50. The van der Waals surface area contributed by atoms with Gasteiger partial charge in [-0.2, -0.15) is 0 Å². The van der Waals surface area contributed by atoms with Gasteiger partial charge in [0.1, 0.15) is 5.54 Å². The fourth-order valence-corrected chi connectivity index (χ4v) is 1.51. The van der Waals surface area contributed by atoms with E-state index in [0.717, 1.165) is 6.54 Å². The first kappa shape index (κ1) is 11.5. The summed E-state index contributed by atoms with van der Waals surface area (Å²) in [6.07, 6.45) is 2.46. The van der Waals surface area contributed by atoms with Crippen molar-refractivity contribution in [2.45, 2.75) is 25.3 Å². The van der Waals surface area contributed by atoms with Gasteiger partial charge in [0.25, 0.3) is 0 Å². The van der Waals surface area contributed by atoms with Gasteiger partial charge in [-0.15, -0.1) is 0 Å². The van der Waals surface area contributed by atoms with Gasteiger partial charge in [-0.05, 0) is 32.7 Å². The topological polar surface area (TPSA) is 49.8 Å². The minimum absolute atomic E-state index is 0.228. The number of carbonyl (C=O) groups is 1. The molecule has 1 saturated carbocycles. The summed E-state index contributed by atoms with van der Waals surface area (Å²) in [5.74, 6) is -0.127. The number of rotatable bonds is 6. The van der Waals surface area contributed by atoms with E-state index in [1.54, 1.807) is 6.92 Å². The van der Waals surface area contributed by atoms with E-state index in [0.29, 0.717) is 5.92 Å². The van der Waals surface area contributed by atoms with Crippen LogP contribution in [0.5, 0.6) is 0 Å². The predicted molar refractivity (Wildman–Crippen MR) is 53.3 cm³/mol. The second kappa shape index (κ2) is 4.28. The molecule has 0 heterocycles. The fourth-order valence-electron chi connectivity index (χ4n) is 1.51. The van der Waals surface area contributed by atoms with Crippen molar-refractivity contribution >= 4 is 5.97 Å². The standard InChI is InChI=1S/C10H19NO3/c1-10(7-14-3,9(12)13)11(2)6-8-4-5-8/h8H,4-7H2,1-3H3,(H,12,13). The van der Waals surface area contributed by atoms with Crippen molar-refractivity contribution < 1.29 is 14.6 Å². The van der Waals surface area contributed by atoms with Crippen molar-refractivity contribution in [2.75, 3.05) is 27.3 Å². The SMILES string of the molecule is COCC(C)(C(=O)O)N(C)CC1CC1. The van der Waals surface area contributed by atoms with E-state index in [9.17, 15) is 4.79 Å². The minimum Gasteiger partial charge on any atom is -0.480 e. The lowest BCUT2D eigenvalue weighted by Crippen LogP contribution is -2.54. The number of carboxylic acid groups (broad SMARTS) is 1. The Bertz CT molecular complexity index is 215. The lowest BCUT2D eigenvalue weighted by molar-refractivity contribution is -0.153. The van der Waals surface area contributed by atoms with Gasteiger partial charge in [0, 0.05) is 13.7 Å². The molecule has 14 heavy (non-hydrogen) atoms. The third-order valence-electron chi connectivity index (χ3n) is 2.96. The van der Waals surface area contributed by atoms with Crippen LogP contribution >= 0.6 is 0 Å². The lowest BCUT2D eigenvalue weighted by Gasteiger charge is -2.34. The maximum absolute atomic E-state index is 11.1. The second-order valence-corrected chi connectivity index (χ2v) is 4.34. The van der Waals surface area contributed by atoms with Gasteiger partial charge in [-0.3, -0.25) is 9.69 Å². The summed E-state index contributed by atoms with van der Waals surface area (Å²) in [4.78, 5) is 13.0. The van der Waals surface area contributed by atoms with Crippen LogP contribution < -0.4 is 0 Å². The van der Waals surface area contributed by atoms with Gasteiger partial charge in [-0.1, -0.05) is 0 Å². The summed E-state index contributed by atoms with van der Waals surface area (Å²) in [5, 5.41) is 9.15. The molecule has 0 aliphatic heterocycles. The Hall–Kier alpha value is -0.610. The third-order valence-corrected chi connectivity index (χ3v) is 2.96. The number of aliphatic carboxylic acids is 1. The van der Waals surface area contributed by atoms with Gasteiger partial charge >= 0.3 is 5.97 Å². The summed E-state index contributed by atoms with van der Waals surface area (Å²) in [7, 11) is 3.39. The number of hydrogen-bond donors (Lipinski definition) is 1. The molecule has 1 rings (SSSR count). The van der Waals surface area contributed by atoms with E-state index in [4.69, 9.17) is 9.84 Å². The average molecular weight is 201 g/mol. The van der Waals surface area contributed by atoms with E-state index in [1.807, 2.05) is 11.9 Å². The van der Waals surface area contributed by atoms with Crippen LogP contribution in [0.4, 0.5) is 0 Å². The molecule has 1 fully saturated rings. The number of hydrogen-bond acceptors (Lipinski definition) is 3. The summed E-state index contributed by atoms with van der Waals surface area (Å²) in [6, 6.07) is 0. The van der Waals surface area contributed by atoms with Crippen LogP contribution in [0.15, 0.2) is 0 Å².